The molecule has 5 heteroatoms. The number of ether oxygens (including phenoxy) is 1. The second-order valence-corrected chi connectivity index (χ2v) is 7.07. The van der Waals surface area contributed by atoms with E-state index in [1.165, 1.54) is 0 Å². The predicted molar refractivity (Wildman–Crippen MR) is 104 cm³/mol. The van der Waals surface area contributed by atoms with Crippen molar-refractivity contribution in [1.82, 2.24) is 0 Å². The summed E-state index contributed by atoms with van der Waals surface area (Å²) in [4.78, 5) is 24.5. The highest BCUT2D eigenvalue weighted by molar-refractivity contribution is 5.92. The lowest BCUT2D eigenvalue weighted by Gasteiger charge is -2.21. The Morgan fingerprint density at radius 2 is 2.04 bits per heavy atom. The van der Waals surface area contributed by atoms with Gasteiger partial charge in [-0.15, -0.1) is 0 Å². The summed E-state index contributed by atoms with van der Waals surface area (Å²) < 4.78 is 5.02. The minimum atomic E-state index is -0.916. The van der Waals surface area contributed by atoms with Crippen LogP contribution in [-0.4, -0.2) is 34.7 Å². The maximum absolute atomic E-state index is 12.5. The van der Waals surface area contributed by atoms with Gasteiger partial charge in [0.1, 0.15) is 5.78 Å². The molecule has 5 nitrogen and oxygen atoms in total. The van der Waals surface area contributed by atoms with Gasteiger partial charge >= 0.3 is 5.97 Å². The number of aliphatic hydroxyl groups excluding tert-OH is 2. The number of unbranched alkanes of at least 4 members (excludes halogenated alkanes) is 4. The van der Waals surface area contributed by atoms with Crippen molar-refractivity contribution in [1.29, 1.82) is 0 Å². The molecule has 0 bridgehead atoms. The average molecular weight is 374 g/mol. The zero-order valence-electron chi connectivity index (χ0n) is 16.2. The van der Waals surface area contributed by atoms with Crippen LogP contribution in [0, 0.1) is 5.92 Å². The molecule has 0 aliphatic heterocycles. The van der Waals surface area contributed by atoms with Crippen LogP contribution in [-0.2, 0) is 9.53 Å². The van der Waals surface area contributed by atoms with Crippen LogP contribution in [0.2, 0.25) is 0 Å². The van der Waals surface area contributed by atoms with Gasteiger partial charge in [0.25, 0.3) is 0 Å². The lowest BCUT2D eigenvalue weighted by Crippen LogP contribution is -2.22. The highest BCUT2D eigenvalue weighted by atomic mass is 16.5. The standard InChI is InChI=1S/C22H30O5/c1-3-5-6-7-8-12-17(23)21-19(25)14-18(24)20(21)15-10-9-11-16(13-15)22(26)27-4-2/h9-13,19-21,23,25H,3-8,14H2,1-2H3/t19-,20-,21+/m1/s1. The Hall–Kier alpha value is -2.14. The maximum atomic E-state index is 12.5. The molecule has 3 atom stereocenters. The van der Waals surface area contributed by atoms with Gasteiger partial charge in [0.2, 0.25) is 0 Å². The second-order valence-electron chi connectivity index (χ2n) is 7.07. The van der Waals surface area contributed by atoms with Crippen molar-refractivity contribution in [2.75, 3.05) is 6.61 Å². The highest BCUT2D eigenvalue weighted by Crippen LogP contribution is 2.41. The van der Waals surface area contributed by atoms with E-state index in [0.717, 1.165) is 32.1 Å². The SMILES string of the molecule is CCCCCCC=C(O)[C@H]1[C@H](O)CC(=O)[C@H]1c1cccc(C(=O)OCC)c1. The summed E-state index contributed by atoms with van der Waals surface area (Å²) in [5, 5.41) is 20.9. The van der Waals surface area contributed by atoms with Crippen molar-refractivity contribution in [3.63, 3.8) is 0 Å². The third kappa shape index (κ3) is 5.42. The Balaban J connectivity index is 2.20. The number of benzene rings is 1. The summed E-state index contributed by atoms with van der Waals surface area (Å²) in [5.41, 5.74) is 0.989. The van der Waals surface area contributed by atoms with Crippen molar-refractivity contribution >= 4 is 11.8 Å². The summed E-state index contributed by atoms with van der Waals surface area (Å²) in [6.07, 6.45) is 5.90. The van der Waals surface area contributed by atoms with Crippen LogP contribution in [0.4, 0.5) is 0 Å². The number of carbonyl (C=O) groups excluding carboxylic acids is 2. The van der Waals surface area contributed by atoms with E-state index >= 15 is 0 Å². The van der Waals surface area contributed by atoms with Crippen LogP contribution in [0.15, 0.2) is 36.1 Å². The summed E-state index contributed by atoms with van der Waals surface area (Å²) in [5.74, 6) is -1.82. The molecule has 0 radical (unpaired) electrons. The summed E-state index contributed by atoms with van der Waals surface area (Å²) in [7, 11) is 0. The normalized spacial score (nSPS) is 22.9. The number of esters is 1. The lowest BCUT2D eigenvalue weighted by molar-refractivity contribution is -0.119. The smallest absolute Gasteiger partial charge is 0.338 e. The molecule has 0 aromatic heterocycles. The van der Waals surface area contributed by atoms with Crippen molar-refractivity contribution in [2.24, 2.45) is 5.92 Å². The zero-order chi connectivity index (χ0) is 19.8. The number of Topliss-reactive ketones (excluding diaryl/α,β-unsaturated/α-hetero) is 1. The van der Waals surface area contributed by atoms with E-state index in [2.05, 4.69) is 6.92 Å². The third-order valence-electron chi connectivity index (χ3n) is 5.04. The summed E-state index contributed by atoms with van der Waals surface area (Å²) in [6.45, 7) is 4.15. The summed E-state index contributed by atoms with van der Waals surface area (Å²) >= 11 is 0. The number of hydrogen-bond acceptors (Lipinski definition) is 5. The van der Waals surface area contributed by atoms with Gasteiger partial charge in [-0.1, -0.05) is 38.3 Å². The molecule has 0 spiro atoms. The van der Waals surface area contributed by atoms with Gasteiger partial charge in [0, 0.05) is 6.42 Å². The lowest BCUT2D eigenvalue weighted by atomic mass is 9.85. The Morgan fingerprint density at radius 3 is 2.74 bits per heavy atom. The van der Waals surface area contributed by atoms with E-state index in [0.29, 0.717) is 11.1 Å². The first kappa shape index (κ1) is 21.2. The molecule has 0 unspecified atom stereocenters. The number of rotatable bonds is 9. The largest absolute Gasteiger partial charge is 0.512 e. The van der Waals surface area contributed by atoms with E-state index in [1.54, 1.807) is 37.3 Å². The van der Waals surface area contributed by atoms with Crippen LogP contribution in [0.1, 0.15) is 74.2 Å². The first-order valence-corrected chi connectivity index (χ1v) is 9.86. The van der Waals surface area contributed by atoms with Gasteiger partial charge in [0.05, 0.1) is 35.9 Å². The van der Waals surface area contributed by atoms with Crippen LogP contribution in [0.5, 0.6) is 0 Å². The average Bonchev–Trinajstić information content (AvgIpc) is 2.95. The number of aliphatic hydroxyl groups is 2. The zero-order valence-corrected chi connectivity index (χ0v) is 16.2. The van der Waals surface area contributed by atoms with Crippen LogP contribution < -0.4 is 0 Å². The minimum absolute atomic E-state index is 0.00665. The summed E-state index contributed by atoms with van der Waals surface area (Å²) in [6, 6.07) is 6.71. The fourth-order valence-corrected chi connectivity index (χ4v) is 3.67. The molecule has 0 saturated heterocycles. The molecule has 1 aromatic carbocycles. The Kier molecular flexibility index (Phi) is 8.04. The fraction of sp³-hybridized carbons (Fsp3) is 0.545. The van der Waals surface area contributed by atoms with E-state index in [4.69, 9.17) is 4.74 Å². The quantitative estimate of drug-likeness (QED) is 0.382. The minimum Gasteiger partial charge on any atom is -0.512 e. The molecule has 1 fully saturated rings. The molecule has 0 heterocycles. The third-order valence-corrected chi connectivity index (χ3v) is 5.04. The molecular weight excluding hydrogens is 344 g/mol. The monoisotopic (exact) mass is 374 g/mol. The van der Waals surface area contributed by atoms with Gasteiger partial charge in [-0.2, -0.15) is 0 Å². The Bertz CT molecular complexity index is 679. The van der Waals surface area contributed by atoms with E-state index in [-0.39, 0.29) is 24.6 Å². The van der Waals surface area contributed by atoms with Gasteiger partial charge < -0.3 is 14.9 Å². The molecular formula is C22H30O5. The molecule has 1 saturated carbocycles. The van der Waals surface area contributed by atoms with E-state index in [9.17, 15) is 19.8 Å². The van der Waals surface area contributed by atoms with Gasteiger partial charge in [-0.25, -0.2) is 4.79 Å². The highest BCUT2D eigenvalue weighted by Gasteiger charge is 2.44. The fourth-order valence-electron chi connectivity index (χ4n) is 3.67. The Labute approximate surface area is 161 Å². The molecule has 1 aliphatic rings. The van der Waals surface area contributed by atoms with Crippen molar-refractivity contribution in [3.8, 4) is 0 Å². The number of allylic oxidation sites excluding steroid dienone is 1. The van der Waals surface area contributed by atoms with Crippen molar-refractivity contribution < 1.29 is 24.5 Å². The number of ketones is 1. The maximum Gasteiger partial charge on any atom is 0.338 e. The molecule has 0 amide bonds. The molecule has 2 N–H and O–H groups in total. The topological polar surface area (TPSA) is 83.8 Å². The van der Waals surface area contributed by atoms with Crippen LogP contribution in [0.3, 0.4) is 0 Å². The Morgan fingerprint density at radius 1 is 1.26 bits per heavy atom. The van der Waals surface area contributed by atoms with Crippen molar-refractivity contribution in [3.05, 3.63) is 47.2 Å². The van der Waals surface area contributed by atoms with Gasteiger partial charge in [0.15, 0.2) is 0 Å². The molecule has 1 aliphatic carbocycles. The van der Waals surface area contributed by atoms with Crippen molar-refractivity contribution in [2.45, 2.75) is 64.4 Å². The van der Waals surface area contributed by atoms with Crippen LogP contribution >= 0.6 is 0 Å². The molecule has 148 valence electrons. The first-order chi connectivity index (χ1) is 13.0. The van der Waals surface area contributed by atoms with Gasteiger partial charge in [-0.3, -0.25) is 4.79 Å². The van der Waals surface area contributed by atoms with Gasteiger partial charge in [-0.05, 0) is 43.5 Å². The molecule has 2 rings (SSSR count). The number of hydrogen-bond donors (Lipinski definition) is 2. The van der Waals surface area contributed by atoms with E-state index < -0.39 is 23.9 Å². The molecule has 27 heavy (non-hydrogen) atoms. The first-order valence-electron chi connectivity index (χ1n) is 9.86. The second kappa shape index (κ2) is 10.3. The molecule has 1 aromatic rings. The predicted octanol–water partition coefficient (Wildman–Crippen LogP) is 4.31. The van der Waals surface area contributed by atoms with Crippen LogP contribution in [0.25, 0.3) is 0 Å². The van der Waals surface area contributed by atoms with E-state index in [1.807, 2.05) is 0 Å². The number of carbonyl (C=O) groups is 2.